The van der Waals surface area contributed by atoms with Crippen molar-refractivity contribution in [2.45, 2.75) is 36.7 Å². The molecular formula is C16H25N5O5S. The molecule has 10 nitrogen and oxygen atoms in total. The van der Waals surface area contributed by atoms with Crippen LogP contribution in [0, 0.1) is 0 Å². The predicted octanol–water partition coefficient (Wildman–Crippen LogP) is -1.94. The fourth-order valence-electron chi connectivity index (χ4n) is 3.14. The van der Waals surface area contributed by atoms with Crippen molar-refractivity contribution in [2.75, 3.05) is 26.2 Å². The van der Waals surface area contributed by atoms with Gasteiger partial charge in [-0.2, -0.15) is 4.31 Å². The summed E-state index contributed by atoms with van der Waals surface area (Å²) in [5.74, 6) is -0.0410. The summed E-state index contributed by atoms with van der Waals surface area (Å²) in [7, 11) is -1.37. The van der Waals surface area contributed by atoms with Gasteiger partial charge in [0.2, 0.25) is 15.9 Å². The third-order valence-electron chi connectivity index (χ3n) is 5.16. The van der Waals surface area contributed by atoms with Crippen molar-refractivity contribution in [3.8, 4) is 0 Å². The molecule has 2 fully saturated rings. The van der Waals surface area contributed by atoms with Gasteiger partial charge >= 0.3 is 5.69 Å². The number of rotatable bonds is 5. The van der Waals surface area contributed by atoms with Crippen LogP contribution in [-0.2, 0) is 28.9 Å². The molecule has 1 amide bonds. The minimum atomic E-state index is -4.02. The minimum absolute atomic E-state index is 0.0410. The molecule has 3 rings (SSSR count). The van der Waals surface area contributed by atoms with E-state index in [2.05, 4.69) is 5.32 Å². The Hall–Kier alpha value is -1.98. The average Bonchev–Trinajstić information content (AvgIpc) is 3.46. The van der Waals surface area contributed by atoms with E-state index in [0.29, 0.717) is 13.1 Å². The molecule has 1 saturated heterocycles. The lowest BCUT2D eigenvalue weighted by Gasteiger charge is -2.36. The molecule has 0 bridgehead atoms. The van der Waals surface area contributed by atoms with Crippen LogP contribution in [0.4, 0.5) is 0 Å². The summed E-state index contributed by atoms with van der Waals surface area (Å²) in [6.45, 7) is 2.95. The first-order valence-electron chi connectivity index (χ1n) is 8.94. The molecule has 150 valence electrons. The molecule has 1 aliphatic carbocycles. The van der Waals surface area contributed by atoms with E-state index in [1.54, 1.807) is 0 Å². The molecule has 1 atom stereocenters. The Kier molecular flexibility index (Phi) is 5.28. The number of sulfonamides is 1. The van der Waals surface area contributed by atoms with Gasteiger partial charge in [0.15, 0.2) is 4.90 Å². The SMILES string of the molecule is C[C@@H](C(=O)NC1CC1)N1CCN(S(=O)(=O)c2cn(C)c(=O)n(C)c2=O)CC1. The van der Waals surface area contributed by atoms with Crippen LogP contribution >= 0.6 is 0 Å². The van der Waals surface area contributed by atoms with E-state index in [-0.39, 0.29) is 31.1 Å². The minimum Gasteiger partial charge on any atom is -0.352 e. The lowest BCUT2D eigenvalue weighted by atomic mass is 10.2. The summed E-state index contributed by atoms with van der Waals surface area (Å²) >= 11 is 0. The Morgan fingerprint density at radius 1 is 1.15 bits per heavy atom. The number of carbonyl (C=O) groups is 1. The second kappa shape index (κ2) is 7.21. The molecule has 1 saturated carbocycles. The zero-order valence-electron chi connectivity index (χ0n) is 15.7. The molecule has 1 aromatic rings. The second-order valence-corrected chi connectivity index (χ2v) is 9.06. The Balaban J connectivity index is 1.72. The van der Waals surface area contributed by atoms with Crippen molar-refractivity contribution in [3.05, 3.63) is 27.0 Å². The van der Waals surface area contributed by atoms with Gasteiger partial charge in [-0.25, -0.2) is 13.2 Å². The quantitative estimate of drug-likeness (QED) is 0.616. The van der Waals surface area contributed by atoms with E-state index in [4.69, 9.17) is 0 Å². The average molecular weight is 399 g/mol. The lowest BCUT2D eigenvalue weighted by Crippen LogP contribution is -2.55. The summed E-state index contributed by atoms with van der Waals surface area (Å²) in [6, 6.07) is -0.0524. The van der Waals surface area contributed by atoms with Crippen molar-refractivity contribution in [2.24, 2.45) is 14.1 Å². The van der Waals surface area contributed by atoms with Crippen LogP contribution in [0.3, 0.4) is 0 Å². The van der Waals surface area contributed by atoms with Gasteiger partial charge in [0.25, 0.3) is 5.56 Å². The molecule has 0 spiro atoms. The van der Waals surface area contributed by atoms with Gasteiger partial charge in [-0.1, -0.05) is 0 Å². The van der Waals surface area contributed by atoms with Crippen LogP contribution in [-0.4, -0.2) is 70.9 Å². The molecule has 27 heavy (non-hydrogen) atoms. The number of piperazine rings is 1. The van der Waals surface area contributed by atoms with Crippen LogP contribution in [0.15, 0.2) is 20.7 Å². The first kappa shape index (κ1) is 19.8. The maximum atomic E-state index is 12.9. The molecule has 1 N–H and O–H groups in total. The van der Waals surface area contributed by atoms with Crippen LogP contribution in [0.5, 0.6) is 0 Å². The van der Waals surface area contributed by atoms with Crippen LogP contribution in [0.1, 0.15) is 19.8 Å². The highest BCUT2D eigenvalue weighted by Gasteiger charge is 2.35. The van der Waals surface area contributed by atoms with Gasteiger partial charge in [0, 0.05) is 52.5 Å². The number of nitrogens with one attached hydrogen (secondary N) is 1. The molecule has 0 radical (unpaired) electrons. The van der Waals surface area contributed by atoms with Crippen LogP contribution < -0.4 is 16.6 Å². The summed E-state index contributed by atoms with van der Waals surface area (Å²) in [5, 5.41) is 2.95. The number of hydrogen-bond donors (Lipinski definition) is 1. The predicted molar refractivity (Wildman–Crippen MR) is 97.9 cm³/mol. The molecule has 2 aliphatic rings. The third-order valence-corrected chi connectivity index (χ3v) is 7.04. The van der Waals surface area contributed by atoms with E-state index in [1.165, 1.54) is 18.4 Å². The van der Waals surface area contributed by atoms with Crippen molar-refractivity contribution in [3.63, 3.8) is 0 Å². The Morgan fingerprint density at radius 2 is 1.74 bits per heavy atom. The van der Waals surface area contributed by atoms with Crippen molar-refractivity contribution in [1.29, 1.82) is 0 Å². The van der Waals surface area contributed by atoms with Crippen molar-refractivity contribution < 1.29 is 13.2 Å². The maximum Gasteiger partial charge on any atom is 0.330 e. The zero-order chi connectivity index (χ0) is 19.9. The highest BCUT2D eigenvalue weighted by molar-refractivity contribution is 7.89. The van der Waals surface area contributed by atoms with Gasteiger partial charge in [-0.3, -0.25) is 19.1 Å². The van der Waals surface area contributed by atoms with Crippen molar-refractivity contribution in [1.82, 2.24) is 23.7 Å². The van der Waals surface area contributed by atoms with Gasteiger partial charge in [0.05, 0.1) is 6.04 Å². The summed E-state index contributed by atoms with van der Waals surface area (Å²) in [6.07, 6.45) is 3.09. The Labute approximate surface area is 157 Å². The second-order valence-electron chi connectivity index (χ2n) is 7.15. The number of nitrogens with zero attached hydrogens (tertiary/aromatic N) is 4. The summed E-state index contributed by atoms with van der Waals surface area (Å²) in [4.78, 5) is 37.8. The van der Waals surface area contributed by atoms with Crippen LogP contribution in [0.2, 0.25) is 0 Å². The van der Waals surface area contributed by atoms with E-state index in [1.807, 2.05) is 11.8 Å². The Morgan fingerprint density at radius 3 is 2.30 bits per heavy atom. The van der Waals surface area contributed by atoms with Crippen molar-refractivity contribution >= 4 is 15.9 Å². The maximum absolute atomic E-state index is 12.9. The molecular weight excluding hydrogens is 374 g/mol. The number of carbonyl (C=O) groups excluding carboxylic acids is 1. The molecule has 11 heteroatoms. The summed E-state index contributed by atoms with van der Waals surface area (Å²) < 4.78 is 28.9. The first-order chi connectivity index (χ1) is 12.6. The third kappa shape index (κ3) is 3.85. The van der Waals surface area contributed by atoms with Gasteiger partial charge in [-0.15, -0.1) is 0 Å². The highest BCUT2D eigenvalue weighted by Crippen LogP contribution is 2.20. The number of aromatic nitrogens is 2. The van der Waals surface area contributed by atoms with E-state index in [0.717, 1.165) is 28.2 Å². The number of hydrogen-bond acceptors (Lipinski definition) is 6. The van der Waals surface area contributed by atoms with Gasteiger partial charge in [-0.05, 0) is 19.8 Å². The molecule has 1 aromatic heterocycles. The monoisotopic (exact) mass is 399 g/mol. The normalized spacial score (nSPS) is 20.4. The molecule has 0 aromatic carbocycles. The Bertz CT molecular complexity index is 954. The van der Waals surface area contributed by atoms with E-state index in [9.17, 15) is 22.8 Å². The lowest BCUT2D eigenvalue weighted by molar-refractivity contribution is -0.126. The zero-order valence-corrected chi connectivity index (χ0v) is 16.5. The van der Waals surface area contributed by atoms with E-state index < -0.39 is 26.2 Å². The standard InChI is InChI=1S/C16H25N5O5S/c1-11(14(22)17-12-4-5-12)20-6-8-21(9-7-20)27(25,26)13-10-18(2)16(24)19(3)15(13)23/h10-12H,4-9H2,1-3H3,(H,17,22)/t11-/m0/s1. The summed E-state index contributed by atoms with van der Waals surface area (Å²) in [5.41, 5.74) is -1.42. The number of aryl methyl sites for hydroxylation is 1. The fourth-order valence-corrected chi connectivity index (χ4v) is 4.71. The topological polar surface area (TPSA) is 114 Å². The smallest absolute Gasteiger partial charge is 0.330 e. The largest absolute Gasteiger partial charge is 0.352 e. The molecule has 1 aliphatic heterocycles. The molecule has 2 heterocycles. The highest BCUT2D eigenvalue weighted by atomic mass is 32.2. The van der Waals surface area contributed by atoms with Gasteiger partial charge < -0.3 is 9.88 Å². The molecule has 0 unspecified atom stereocenters. The first-order valence-corrected chi connectivity index (χ1v) is 10.4. The van der Waals surface area contributed by atoms with Crippen LogP contribution in [0.25, 0.3) is 0 Å². The number of amides is 1. The van der Waals surface area contributed by atoms with Gasteiger partial charge in [0.1, 0.15) is 0 Å². The van der Waals surface area contributed by atoms with E-state index >= 15 is 0 Å². The fraction of sp³-hybridized carbons (Fsp3) is 0.688.